The van der Waals surface area contributed by atoms with Crippen molar-refractivity contribution in [3.63, 3.8) is 0 Å². The number of aromatic nitrogens is 3. The van der Waals surface area contributed by atoms with Gasteiger partial charge in [0.05, 0.1) is 0 Å². The van der Waals surface area contributed by atoms with Crippen molar-refractivity contribution in [2.24, 2.45) is 7.05 Å². The average Bonchev–Trinajstić information content (AvgIpc) is 2.85. The predicted molar refractivity (Wildman–Crippen MR) is 64.5 cm³/mol. The van der Waals surface area contributed by atoms with Gasteiger partial charge in [-0.3, -0.25) is 0 Å². The maximum atomic E-state index is 5.73. The van der Waals surface area contributed by atoms with Crippen LogP contribution in [0.3, 0.4) is 0 Å². The molecule has 0 amide bonds. The van der Waals surface area contributed by atoms with Crippen molar-refractivity contribution in [3.05, 3.63) is 27.7 Å². The zero-order valence-electron chi connectivity index (χ0n) is 9.18. The van der Waals surface area contributed by atoms with Crippen molar-refractivity contribution in [1.82, 2.24) is 14.8 Å². The molecule has 2 heterocycles. The van der Waals surface area contributed by atoms with E-state index in [1.165, 1.54) is 23.3 Å². The minimum absolute atomic E-state index is 0.346. The van der Waals surface area contributed by atoms with Gasteiger partial charge in [0.25, 0.3) is 0 Å². The molecule has 2 aromatic rings. The molecule has 0 fully saturated rings. The predicted octanol–water partition coefficient (Wildman–Crippen LogP) is 1.93. The monoisotopic (exact) mass is 234 g/mol. The zero-order chi connectivity index (χ0) is 11.1. The standard InChI is InChI=1S/C11H14N4S/c1-15-11(12)13-10(14-15)8-3-2-4-9-7(8)5-6-16-9/h5-6,8H,2-4H2,1H3,(H2,12,13,14). The van der Waals surface area contributed by atoms with Gasteiger partial charge in [0.15, 0.2) is 5.82 Å². The van der Waals surface area contributed by atoms with Crippen molar-refractivity contribution in [2.75, 3.05) is 5.73 Å². The number of hydrogen-bond acceptors (Lipinski definition) is 4. The second kappa shape index (κ2) is 3.59. The molecule has 84 valence electrons. The number of fused-ring (bicyclic) bond motifs is 1. The second-order valence-corrected chi connectivity index (χ2v) is 5.20. The van der Waals surface area contributed by atoms with Gasteiger partial charge in [0.2, 0.25) is 5.95 Å². The lowest BCUT2D eigenvalue weighted by Gasteiger charge is -2.19. The Bertz CT molecular complexity index is 494. The Morgan fingerprint density at radius 1 is 1.56 bits per heavy atom. The topological polar surface area (TPSA) is 56.7 Å². The molecule has 4 nitrogen and oxygen atoms in total. The Labute approximate surface area is 98.1 Å². The van der Waals surface area contributed by atoms with E-state index in [1.54, 1.807) is 4.68 Å². The van der Waals surface area contributed by atoms with Gasteiger partial charge in [-0.05, 0) is 36.3 Å². The third-order valence-electron chi connectivity index (χ3n) is 3.18. The SMILES string of the molecule is Cn1nc(C2CCCc3sccc32)nc1N. The maximum absolute atomic E-state index is 5.73. The van der Waals surface area contributed by atoms with Crippen LogP contribution in [0.25, 0.3) is 0 Å². The van der Waals surface area contributed by atoms with Gasteiger partial charge in [-0.15, -0.1) is 11.3 Å². The van der Waals surface area contributed by atoms with Crippen LogP contribution in [-0.4, -0.2) is 14.8 Å². The van der Waals surface area contributed by atoms with Gasteiger partial charge in [-0.1, -0.05) is 0 Å². The summed E-state index contributed by atoms with van der Waals surface area (Å²) in [6.45, 7) is 0. The van der Waals surface area contributed by atoms with Crippen LogP contribution in [0.15, 0.2) is 11.4 Å². The molecule has 1 atom stereocenters. The third kappa shape index (κ3) is 1.43. The van der Waals surface area contributed by atoms with Crippen LogP contribution in [0.1, 0.15) is 35.0 Å². The van der Waals surface area contributed by atoms with Crippen molar-refractivity contribution in [2.45, 2.75) is 25.2 Å². The quantitative estimate of drug-likeness (QED) is 0.820. The highest BCUT2D eigenvalue weighted by Gasteiger charge is 2.26. The Morgan fingerprint density at radius 3 is 3.19 bits per heavy atom. The van der Waals surface area contributed by atoms with E-state index in [2.05, 4.69) is 21.5 Å². The highest BCUT2D eigenvalue weighted by atomic mass is 32.1. The Balaban J connectivity index is 2.03. The number of nitrogens with zero attached hydrogens (tertiary/aromatic N) is 3. The molecule has 0 spiro atoms. The Hall–Kier alpha value is -1.36. The smallest absolute Gasteiger partial charge is 0.218 e. The summed E-state index contributed by atoms with van der Waals surface area (Å²) in [7, 11) is 1.84. The molecular weight excluding hydrogens is 220 g/mol. The molecule has 1 unspecified atom stereocenters. The van der Waals surface area contributed by atoms with E-state index in [0.29, 0.717) is 11.9 Å². The summed E-state index contributed by atoms with van der Waals surface area (Å²) >= 11 is 1.84. The Kier molecular flexibility index (Phi) is 2.21. The zero-order valence-corrected chi connectivity index (χ0v) is 10.00. The van der Waals surface area contributed by atoms with Crippen LogP contribution in [0.4, 0.5) is 5.95 Å². The maximum Gasteiger partial charge on any atom is 0.218 e. The van der Waals surface area contributed by atoms with Crippen molar-refractivity contribution in [3.8, 4) is 0 Å². The fraction of sp³-hybridized carbons (Fsp3) is 0.455. The molecule has 2 N–H and O–H groups in total. The van der Waals surface area contributed by atoms with Gasteiger partial charge in [-0.2, -0.15) is 10.1 Å². The molecule has 16 heavy (non-hydrogen) atoms. The molecule has 5 heteroatoms. The third-order valence-corrected chi connectivity index (χ3v) is 4.17. The molecule has 1 aliphatic carbocycles. The van der Waals surface area contributed by atoms with E-state index < -0.39 is 0 Å². The van der Waals surface area contributed by atoms with Gasteiger partial charge >= 0.3 is 0 Å². The largest absolute Gasteiger partial charge is 0.368 e. The van der Waals surface area contributed by atoms with Crippen LogP contribution in [0.5, 0.6) is 0 Å². The molecule has 3 rings (SSSR count). The number of hydrogen-bond donors (Lipinski definition) is 1. The van der Waals surface area contributed by atoms with Crippen LogP contribution >= 0.6 is 11.3 Å². The van der Waals surface area contributed by atoms with Crippen molar-refractivity contribution < 1.29 is 0 Å². The van der Waals surface area contributed by atoms with Crippen molar-refractivity contribution >= 4 is 17.3 Å². The van der Waals surface area contributed by atoms with E-state index in [4.69, 9.17) is 5.73 Å². The van der Waals surface area contributed by atoms with Crippen molar-refractivity contribution in [1.29, 1.82) is 0 Å². The molecule has 1 aliphatic rings. The second-order valence-electron chi connectivity index (χ2n) is 4.20. The molecule has 2 aromatic heterocycles. The first-order valence-electron chi connectivity index (χ1n) is 5.48. The van der Waals surface area contributed by atoms with Gasteiger partial charge in [0, 0.05) is 17.8 Å². The van der Waals surface area contributed by atoms with E-state index in [0.717, 1.165) is 12.2 Å². The highest BCUT2D eigenvalue weighted by molar-refractivity contribution is 7.10. The summed E-state index contributed by atoms with van der Waals surface area (Å²) in [5, 5.41) is 6.56. The summed E-state index contributed by atoms with van der Waals surface area (Å²) in [5.74, 6) is 1.72. The highest BCUT2D eigenvalue weighted by Crippen LogP contribution is 2.37. The molecule has 0 radical (unpaired) electrons. The van der Waals surface area contributed by atoms with E-state index >= 15 is 0 Å². The number of anilines is 1. The first-order chi connectivity index (χ1) is 7.75. The van der Waals surface area contributed by atoms with E-state index in [9.17, 15) is 0 Å². The lowest BCUT2D eigenvalue weighted by molar-refractivity contribution is 0.591. The van der Waals surface area contributed by atoms with E-state index in [-0.39, 0.29) is 0 Å². The molecule has 0 bridgehead atoms. The fourth-order valence-electron chi connectivity index (χ4n) is 2.32. The lowest BCUT2D eigenvalue weighted by Crippen LogP contribution is -2.10. The number of rotatable bonds is 1. The summed E-state index contributed by atoms with van der Waals surface area (Å²) in [4.78, 5) is 5.83. The number of nitrogen functional groups attached to an aromatic ring is 1. The van der Waals surface area contributed by atoms with E-state index in [1.807, 2.05) is 18.4 Å². The number of nitrogens with two attached hydrogens (primary N) is 1. The molecule has 0 saturated heterocycles. The summed E-state index contributed by atoms with van der Waals surface area (Å²) < 4.78 is 1.65. The molecule has 0 aliphatic heterocycles. The van der Waals surface area contributed by atoms with Crippen LogP contribution in [0, 0.1) is 0 Å². The minimum Gasteiger partial charge on any atom is -0.368 e. The summed E-state index contributed by atoms with van der Waals surface area (Å²) in [5.41, 5.74) is 7.14. The molecule has 0 saturated carbocycles. The summed E-state index contributed by atoms with van der Waals surface area (Å²) in [6, 6.07) is 2.20. The minimum atomic E-state index is 0.346. The van der Waals surface area contributed by atoms with Crippen LogP contribution in [-0.2, 0) is 13.5 Å². The number of thiophene rings is 1. The average molecular weight is 234 g/mol. The van der Waals surface area contributed by atoms with Crippen LogP contribution < -0.4 is 5.73 Å². The molecule has 0 aromatic carbocycles. The summed E-state index contributed by atoms with van der Waals surface area (Å²) in [6.07, 6.45) is 3.55. The fourth-order valence-corrected chi connectivity index (χ4v) is 3.31. The Morgan fingerprint density at radius 2 is 2.44 bits per heavy atom. The lowest BCUT2D eigenvalue weighted by atomic mass is 9.87. The van der Waals surface area contributed by atoms with Gasteiger partial charge < -0.3 is 5.73 Å². The first-order valence-corrected chi connectivity index (χ1v) is 6.36. The molecular formula is C11H14N4S. The van der Waals surface area contributed by atoms with Crippen LogP contribution in [0.2, 0.25) is 0 Å². The normalized spacial score (nSPS) is 19.7. The first kappa shape index (κ1) is 9.84. The van der Waals surface area contributed by atoms with Gasteiger partial charge in [-0.25, -0.2) is 4.68 Å². The van der Waals surface area contributed by atoms with Gasteiger partial charge in [0.1, 0.15) is 0 Å². The number of aryl methyl sites for hydroxylation is 2.